The van der Waals surface area contributed by atoms with Gasteiger partial charge in [0, 0.05) is 16.6 Å². The Morgan fingerprint density at radius 1 is 1.44 bits per heavy atom. The average molecular weight is 312 g/mol. The Kier molecular flexibility index (Phi) is 4.07. The minimum atomic E-state index is -0.244. The van der Waals surface area contributed by atoms with Gasteiger partial charge in [0.1, 0.15) is 0 Å². The van der Waals surface area contributed by atoms with E-state index in [1.165, 1.54) is 0 Å². The molecule has 1 aliphatic heterocycles. The standard InChI is InChI=1S/C14H18BrNO2/c1-10-6-11(8-12(15)7-10)13(17)16-14(2)4-3-5-18-9-14/h6-8H,3-5,9H2,1-2H3,(H,16,17). The molecule has 98 valence electrons. The second kappa shape index (κ2) is 5.41. The lowest BCUT2D eigenvalue weighted by molar-refractivity contribution is 0.0272. The zero-order chi connectivity index (χ0) is 13.2. The molecule has 0 spiro atoms. The number of aryl methyl sites for hydroxylation is 1. The molecule has 1 aromatic rings. The lowest BCUT2D eigenvalue weighted by Gasteiger charge is -2.34. The number of rotatable bonds is 2. The summed E-state index contributed by atoms with van der Waals surface area (Å²) in [5.74, 6) is -0.0348. The van der Waals surface area contributed by atoms with E-state index in [1.807, 2.05) is 32.0 Å². The molecular formula is C14H18BrNO2. The van der Waals surface area contributed by atoms with E-state index in [9.17, 15) is 4.79 Å². The average Bonchev–Trinajstić information content (AvgIpc) is 2.28. The van der Waals surface area contributed by atoms with Crippen molar-refractivity contribution >= 4 is 21.8 Å². The second-order valence-electron chi connectivity index (χ2n) is 5.19. The third-order valence-electron chi connectivity index (χ3n) is 3.16. The summed E-state index contributed by atoms with van der Waals surface area (Å²) in [5.41, 5.74) is 1.51. The van der Waals surface area contributed by atoms with Crippen molar-refractivity contribution in [3.05, 3.63) is 33.8 Å². The van der Waals surface area contributed by atoms with E-state index >= 15 is 0 Å². The highest BCUT2D eigenvalue weighted by Crippen LogP contribution is 2.20. The van der Waals surface area contributed by atoms with E-state index < -0.39 is 0 Å². The zero-order valence-corrected chi connectivity index (χ0v) is 12.3. The van der Waals surface area contributed by atoms with Crippen LogP contribution in [-0.4, -0.2) is 24.7 Å². The fourth-order valence-electron chi connectivity index (χ4n) is 2.25. The third-order valence-corrected chi connectivity index (χ3v) is 3.62. The van der Waals surface area contributed by atoms with Crippen molar-refractivity contribution in [3.8, 4) is 0 Å². The summed E-state index contributed by atoms with van der Waals surface area (Å²) in [4.78, 5) is 12.2. The van der Waals surface area contributed by atoms with E-state index in [2.05, 4.69) is 21.2 Å². The smallest absolute Gasteiger partial charge is 0.251 e. The lowest BCUT2D eigenvalue weighted by atomic mass is 9.94. The van der Waals surface area contributed by atoms with Gasteiger partial charge in [-0.1, -0.05) is 15.9 Å². The maximum absolute atomic E-state index is 12.2. The monoisotopic (exact) mass is 311 g/mol. The number of halogens is 1. The molecule has 4 heteroatoms. The van der Waals surface area contributed by atoms with E-state index in [0.29, 0.717) is 12.2 Å². The SMILES string of the molecule is Cc1cc(Br)cc(C(=O)NC2(C)CCCOC2)c1. The molecule has 1 fully saturated rings. The molecule has 1 saturated heterocycles. The predicted molar refractivity (Wildman–Crippen MR) is 74.8 cm³/mol. The number of nitrogens with one attached hydrogen (secondary N) is 1. The van der Waals surface area contributed by atoms with E-state index in [4.69, 9.17) is 4.74 Å². The largest absolute Gasteiger partial charge is 0.379 e. The molecule has 18 heavy (non-hydrogen) atoms. The molecule has 0 radical (unpaired) electrons. The van der Waals surface area contributed by atoms with Gasteiger partial charge < -0.3 is 10.1 Å². The first-order chi connectivity index (χ1) is 8.48. The lowest BCUT2D eigenvalue weighted by Crippen LogP contribution is -2.51. The van der Waals surface area contributed by atoms with Gasteiger partial charge in [0.05, 0.1) is 12.1 Å². The first kappa shape index (κ1) is 13.6. The number of hydrogen-bond donors (Lipinski definition) is 1. The molecule has 3 nitrogen and oxygen atoms in total. The van der Waals surface area contributed by atoms with Crippen LogP contribution in [0.1, 0.15) is 35.7 Å². The number of hydrogen-bond acceptors (Lipinski definition) is 2. The normalized spacial score (nSPS) is 23.7. The summed E-state index contributed by atoms with van der Waals surface area (Å²) in [6, 6.07) is 5.73. The minimum Gasteiger partial charge on any atom is -0.379 e. The molecule has 1 amide bonds. The van der Waals surface area contributed by atoms with E-state index in [-0.39, 0.29) is 11.4 Å². The second-order valence-corrected chi connectivity index (χ2v) is 6.10. The van der Waals surface area contributed by atoms with Crippen LogP contribution >= 0.6 is 15.9 Å². The van der Waals surface area contributed by atoms with Gasteiger partial charge >= 0.3 is 0 Å². The quantitative estimate of drug-likeness (QED) is 0.911. The van der Waals surface area contributed by atoms with Gasteiger partial charge in [-0.05, 0) is 50.5 Å². The first-order valence-corrected chi connectivity index (χ1v) is 6.95. The summed E-state index contributed by atoms with van der Waals surface area (Å²) in [7, 11) is 0. The van der Waals surface area contributed by atoms with Crippen molar-refractivity contribution in [2.24, 2.45) is 0 Å². The highest BCUT2D eigenvalue weighted by molar-refractivity contribution is 9.10. The molecule has 0 saturated carbocycles. The number of carbonyl (C=O) groups is 1. The Hall–Kier alpha value is -0.870. The Labute approximate surface area is 116 Å². The summed E-state index contributed by atoms with van der Waals surface area (Å²) in [6.07, 6.45) is 1.96. The fourth-order valence-corrected chi connectivity index (χ4v) is 2.85. The van der Waals surface area contributed by atoms with Crippen LogP contribution < -0.4 is 5.32 Å². The molecule has 2 rings (SSSR count). The van der Waals surface area contributed by atoms with Crippen molar-refractivity contribution in [3.63, 3.8) is 0 Å². The van der Waals surface area contributed by atoms with Gasteiger partial charge in [0.25, 0.3) is 5.91 Å². The van der Waals surface area contributed by atoms with Crippen LogP contribution in [0.4, 0.5) is 0 Å². The summed E-state index contributed by atoms with van der Waals surface area (Å²) in [6.45, 7) is 5.40. The van der Waals surface area contributed by atoms with Gasteiger partial charge in [0.15, 0.2) is 0 Å². The topological polar surface area (TPSA) is 38.3 Å². The Morgan fingerprint density at radius 3 is 2.83 bits per heavy atom. The highest BCUT2D eigenvalue weighted by atomic mass is 79.9. The zero-order valence-electron chi connectivity index (χ0n) is 10.8. The van der Waals surface area contributed by atoms with Gasteiger partial charge in [-0.3, -0.25) is 4.79 Å². The van der Waals surface area contributed by atoms with Gasteiger partial charge in [-0.25, -0.2) is 0 Å². The van der Waals surface area contributed by atoms with Gasteiger partial charge in [-0.2, -0.15) is 0 Å². The molecule has 0 aliphatic carbocycles. The molecule has 1 heterocycles. The molecule has 1 unspecified atom stereocenters. The van der Waals surface area contributed by atoms with Crippen molar-refractivity contribution in [1.29, 1.82) is 0 Å². The highest BCUT2D eigenvalue weighted by Gasteiger charge is 2.29. The summed E-state index contributed by atoms with van der Waals surface area (Å²) >= 11 is 3.42. The minimum absolute atomic E-state index is 0.0348. The Morgan fingerprint density at radius 2 is 2.22 bits per heavy atom. The van der Waals surface area contributed by atoms with Crippen molar-refractivity contribution in [1.82, 2.24) is 5.32 Å². The molecule has 0 bridgehead atoms. The Balaban J connectivity index is 2.11. The fraction of sp³-hybridized carbons (Fsp3) is 0.500. The van der Waals surface area contributed by atoms with Crippen molar-refractivity contribution in [2.75, 3.05) is 13.2 Å². The van der Waals surface area contributed by atoms with Crippen LogP contribution in [0.5, 0.6) is 0 Å². The molecule has 1 aromatic carbocycles. The van der Waals surface area contributed by atoms with Crippen LogP contribution in [0.15, 0.2) is 22.7 Å². The van der Waals surface area contributed by atoms with Gasteiger partial charge in [-0.15, -0.1) is 0 Å². The van der Waals surface area contributed by atoms with Crippen LogP contribution in [0, 0.1) is 6.92 Å². The van der Waals surface area contributed by atoms with Crippen LogP contribution in [0.25, 0.3) is 0 Å². The van der Waals surface area contributed by atoms with Gasteiger partial charge in [0.2, 0.25) is 0 Å². The van der Waals surface area contributed by atoms with Crippen molar-refractivity contribution < 1.29 is 9.53 Å². The summed E-state index contributed by atoms with van der Waals surface area (Å²) in [5, 5.41) is 3.08. The molecule has 1 N–H and O–H groups in total. The number of ether oxygens (including phenoxy) is 1. The van der Waals surface area contributed by atoms with E-state index in [0.717, 1.165) is 29.5 Å². The predicted octanol–water partition coefficient (Wildman–Crippen LogP) is 3.06. The molecule has 1 aliphatic rings. The maximum atomic E-state index is 12.2. The van der Waals surface area contributed by atoms with E-state index in [1.54, 1.807) is 0 Å². The number of benzene rings is 1. The maximum Gasteiger partial charge on any atom is 0.251 e. The van der Waals surface area contributed by atoms with Crippen LogP contribution in [0.2, 0.25) is 0 Å². The third kappa shape index (κ3) is 3.33. The van der Waals surface area contributed by atoms with Crippen molar-refractivity contribution in [2.45, 2.75) is 32.2 Å². The molecule has 1 atom stereocenters. The van der Waals surface area contributed by atoms with Crippen LogP contribution in [-0.2, 0) is 4.74 Å². The number of carbonyl (C=O) groups excluding carboxylic acids is 1. The first-order valence-electron chi connectivity index (χ1n) is 6.16. The molecular weight excluding hydrogens is 294 g/mol. The summed E-state index contributed by atoms with van der Waals surface area (Å²) < 4.78 is 6.37. The number of amides is 1. The Bertz CT molecular complexity index is 433. The molecule has 0 aromatic heterocycles. The van der Waals surface area contributed by atoms with Crippen LogP contribution in [0.3, 0.4) is 0 Å².